The molecule has 16 rings (SSSR count). The summed E-state index contributed by atoms with van der Waals surface area (Å²) in [6.07, 6.45) is 0. The molecule has 8 aromatic heterocycles. The molecule has 8 aromatic rings. The molecule has 0 atom stereocenters. The number of cyclic esters (lactones) is 2. The number of ether oxygens (including phenoxy) is 2. The number of carbonyl (C=O) groups excluding carboxylic acids is 9. The number of halogens is 2. The molecule has 18 nitrogen and oxygen atoms in total. The van der Waals surface area contributed by atoms with E-state index in [9.17, 15) is 52.7 Å². The molecule has 0 radical (unpaired) electrons. The number of hydrogen-bond acceptors (Lipinski definition) is 25. The van der Waals surface area contributed by atoms with Gasteiger partial charge in [-0.2, -0.15) is 58.4 Å². The zero-order valence-electron chi connectivity index (χ0n) is 41.7. The lowest BCUT2D eigenvalue weighted by molar-refractivity contribution is -0.120. The van der Waals surface area contributed by atoms with Crippen molar-refractivity contribution in [2.24, 2.45) is 0 Å². The number of thiophene rings is 8. The Morgan fingerprint density at radius 1 is 0.523 bits per heavy atom. The van der Waals surface area contributed by atoms with E-state index >= 15 is 0 Å². The number of amides is 6. The third kappa shape index (κ3) is 13.1. The molecule has 0 spiro atoms. The van der Waals surface area contributed by atoms with Crippen LogP contribution in [-0.4, -0.2) is 112 Å². The second-order valence-electron chi connectivity index (χ2n) is 17.7. The smallest absolute Gasteiger partial charge is 0.357 e. The first-order valence-electron chi connectivity index (χ1n) is 23.3. The number of aromatic carboxylic acids is 2. The highest BCUT2D eigenvalue weighted by Crippen LogP contribution is 2.50. The first-order chi connectivity index (χ1) is 39.2. The van der Waals surface area contributed by atoms with Crippen molar-refractivity contribution >= 4 is 256 Å². The van der Waals surface area contributed by atoms with Crippen LogP contribution in [0.3, 0.4) is 0 Å². The predicted molar refractivity (Wildman–Crippen MR) is 372 cm³/mol. The molecule has 8 aliphatic heterocycles. The predicted octanol–water partition coefficient (Wildman–Crippen LogP) is 17.2. The van der Waals surface area contributed by atoms with Crippen molar-refractivity contribution in [3.63, 3.8) is 0 Å². The van der Waals surface area contributed by atoms with Gasteiger partial charge >= 0.3 is 23.9 Å². The van der Waals surface area contributed by atoms with Gasteiger partial charge in [0, 0.05) is 118 Å². The van der Waals surface area contributed by atoms with Gasteiger partial charge in [-0.05, 0) is 54.6 Å². The van der Waals surface area contributed by atoms with Gasteiger partial charge in [-0.25, -0.2) is 19.2 Å². The molecule has 0 bridgehead atoms. The van der Waals surface area contributed by atoms with Crippen LogP contribution in [-0.2, 0) is 55.6 Å². The Bertz CT molecular complexity index is 4150. The van der Waals surface area contributed by atoms with Gasteiger partial charge in [-0.3, -0.25) is 48.3 Å². The summed E-state index contributed by atoms with van der Waals surface area (Å²) in [6, 6.07) is 1.79. The maximum Gasteiger partial charge on any atom is 0.357 e. The average molecular weight is 1550 g/mol. The van der Waals surface area contributed by atoms with Crippen LogP contribution in [0.5, 0.6) is 5.75 Å². The molecular formula is C56H55Br2N3O15S12. The molecule has 2 N–H and O–H groups in total. The van der Waals surface area contributed by atoms with Crippen LogP contribution >= 0.6 is 170 Å². The zero-order valence-corrected chi connectivity index (χ0v) is 54.6. The molecule has 0 aromatic carbocycles. The molecule has 88 heavy (non-hydrogen) atoms. The van der Waals surface area contributed by atoms with Crippen LogP contribution in [0.25, 0.3) is 20.2 Å². The Kier molecular flexibility index (Phi) is 25.1. The molecule has 8 aliphatic rings. The number of carbonyl (C=O) groups is 11. The van der Waals surface area contributed by atoms with E-state index in [1.807, 2.05) is 34.3 Å². The molecule has 32 heteroatoms. The largest absolute Gasteiger partial charge is 0.477 e. The Morgan fingerprint density at radius 3 is 1.59 bits per heavy atom. The van der Waals surface area contributed by atoms with Gasteiger partial charge in [0.25, 0.3) is 41.9 Å². The van der Waals surface area contributed by atoms with E-state index in [0.717, 1.165) is 95.3 Å². The Labute approximate surface area is 572 Å². The van der Waals surface area contributed by atoms with Crippen molar-refractivity contribution < 1.29 is 72.4 Å². The summed E-state index contributed by atoms with van der Waals surface area (Å²) >= 11 is 25.3. The van der Waals surface area contributed by atoms with Gasteiger partial charge < -0.3 is 19.7 Å². The van der Waals surface area contributed by atoms with Gasteiger partial charge in [0.15, 0.2) is 10.6 Å². The quantitative estimate of drug-likeness (QED) is 0.0718. The number of fused-ring (bicyclic) bond motifs is 14. The topological polar surface area (TPSA) is 256 Å². The van der Waals surface area contributed by atoms with E-state index in [1.165, 1.54) is 128 Å². The summed E-state index contributed by atoms with van der Waals surface area (Å²) in [5.41, 5.74) is 6.58. The Hall–Kier alpha value is -4.55. The first kappa shape index (κ1) is 74.2. The first-order valence-corrected chi connectivity index (χ1v) is 36.1. The highest BCUT2D eigenvalue weighted by Gasteiger charge is 2.42. The molecule has 0 fully saturated rings. The van der Waals surface area contributed by atoms with E-state index in [1.54, 1.807) is 48.0 Å². The second kappa shape index (κ2) is 29.8. The minimum Gasteiger partial charge on any atom is -0.477 e. The Morgan fingerprint density at radius 2 is 1.02 bits per heavy atom. The summed E-state index contributed by atoms with van der Waals surface area (Å²) in [4.78, 5) is 135. The molecule has 470 valence electrons. The van der Waals surface area contributed by atoms with Crippen LogP contribution in [0.2, 0.25) is 0 Å². The summed E-state index contributed by atoms with van der Waals surface area (Å²) in [5, 5.41) is 23.2. The van der Waals surface area contributed by atoms with Gasteiger partial charge in [0.05, 0.1) is 34.5 Å². The van der Waals surface area contributed by atoms with Crippen molar-refractivity contribution in [3.05, 3.63) is 118 Å². The van der Waals surface area contributed by atoms with Gasteiger partial charge in [-0.15, -0.1) is 79.4 Å². The molecule has 0 aliphatic carbocycles. The van der Waals surface area contributed by atoms with Crippen molar-refractivity contribution in [2.45, 2.75) is 90.6 Å². The monoisotopic (exact) mass is 1550 g/mol. The summed E-state index contributed by atoms with van der Waals surface area (Å²) in [6.45, 7) is 0.276. The van der Waals surface area contributed by atoms with Crippen molar-refractivity contribution in [1.29, 1.82) is 0 Å². The molecule has 0 saturated carbocycles. The Balaban J connectivity index is 0.000000190. The standard InChI is InChI=1S/C9H3Br2NO2S2.C9H7NO2S2.C9H5NO2S2.C8H6O4S2.C8H4O3S2.C7H6O2S2.6CH4/c1-12-8(13)3-2-4(7(11)16-6(2)10)15-5(3)9(12)14;2*1-10-8(11)6-4-2-13-3-5(4)14-7(6)9(10)12;9-3-12-6-4-1-13-2-5(4)14-7(6)8(10)11;9-7-5-3-1-12-2-4(3)13-6(5)8(10)11-7;8-7(9)5-1-4-2-10-3-6(4)11-5;;;;;;/h1H3;2-3H2,1H3;2-3H,1H3;3H,1-2H2,(H,10,11);1-2H2;1H,2-3H2,(H,8,9);6*1H4. The van der Waals surface area contributed by atoms with Gasteiger partial charge in [0.2, 0.25) is 0 Å². The van der Waals surface area contributed by atoms with Crippen molar-refractivity contribution in [3.8, 4) is 5.75 Å². The number of carboxylic acid groups (broad SMARTS) is 2. The number of esters is 2. The van der Waals surface area contributed by atoms with E-state index in [4.69, 9.17) is 14.9 Å². The minimum absolute atomic E-state index is 0. The zero-order chi connectivity index (χ0) is 58.3. The van der Waals surface area contributed by atoms with Gasteiger partial charge in [-0.1, -0.05) is 44.6 Å². The maximum atomic E-state index is 11.9. The number of carboxylic acids is 2. The van der Waals surface area contributed by atoms with E-state index in [0.29, 0.717) is 46.6 Å². The lowest BCUT2D eigenvalue weighted by Crippen LogP contribution is -2.24. The number of thioether (sulfide) groups is 4. The molecular weight excluding hydrogens is 1500 g/mol. The van der Waals surface area contributed by atoms with Crippen LogP contribution in [0.1, 0.15) is 186 Å². The van der Waals surface area contributed by atoms with E-state index in [2.05, 4.69) is 36.6 Å². The van der Waals surface area contributed by atoms with Crippen LogP contribution in [0.4, 0.5) is 0 Å². The highest BCUT2D eigenvalue weighted by molar-refractivity contribution is 9.12. The van der Waals surface area contributed by atoms with Crippen molar-refractivity contribution in [1.82, 2.24) is 14.7 Å². The highest BCUT2D eigenvalue weighted by atomic mass is 79.9. The fourth-order valence-corrected chi connectivity index (χ4v) is 25.9. The third-order valence-electron chi connectivity index (χ3n) is 13.0. The minimum atomic E-state index is -1.04. The summed E-state index contributed by atoms with van der Waals surface area (Å²) < 4.78 is 13.1. The molecule has 16 heterocycles. The fourth-order valence-electron chi connectivity index (χ4n) is 9.08. The van der Waals surface area contributed by atoms with E-state index in [-0.39, 0.29) is 97.1 Å². The molecule has 0 saturated heterocycles. The number of hydrogen-bond donors (Lipinski definition) is 2. The fraction of sp³-hybridized carbons (Fsp3) is 0.304. The third-order valence-corrected chi connectivity index (χ3v) is 28.7. The lowest BCUT2D eigenvalue weighted by Gasteiger charge is -2.04. The van der Waals surface area contributed by atoms with Gasteiger partial charge in [0.1, 0.15) is 24.4 Å². The van der Waals surface area contributed by atoms with Crippen LogP contribution in [0, 0.1) is 0 Å². The number of nitrogens with zero attached hydrogens (tertiary/aromatic N) is 3. The van der Waals surface area contributed by atoms with E-state index < -0.39 is 23.9 Å². The summed E-state index contributed by atoms with van der Waals surface area (Å²) in [7, 11) is 4.58. The molecule has 6 amide bonds. The lowest BCUT2D eigenvalue weighted by atomic mass is 10.1. The number of imide groups is 3. The van der Waals surface area contributed by atoms with Crippen molar-refractivity contribution in [2.75, 3.05) is 21.1 Å². The number of rotatable bonds is 4. The second-order valence-corrected chi connectivity index (χ2v) is 32.6. The normalized spacial score (nSPS) is 15.1. The molecule has 0 unspecified atom stereocenters. The summed E-state index contributed by atoms with van der Waals surface area (Å²) in [5.74, 6) is 3.58. The average Bonchev–Trinajstić information content (AvgIpc) is 1.63. The van der Waals surface area contributed by atoms with Crippen LogP contribution < -0.4 is 4.74 Å². The maximum absolute atomic E-state index is 11.9. The van der Waals surface area contributed by atoms with Crippen LogP contribution in [0.15, 0.2) is 24.4 Å². The SMILES string of the molecule is C.C.C.C.C.C.CN1C(=O)c2sc3c(Br)sc(Br)c3c2C1=O.CN1C(=O)c2sc3c(c2C1=O)CSC3.CN1C(=O)c2sc3cscc3c2C1=O.O=C(O)c1cc2c(s1)CSC2.O=C1OC(=O)c2c1sc1c2CSC1.O=COc1c(C(=O)O)sc2c1CSC2.